The van der Waals surface area contributed by atoms with Gasteiger partial charge in [0.25, 0.3) is 0 Å². The van der Waals surface area contributed by atoms with E-state index in [1.807, 2.05) is 23.1 Å². The van der Waals surface area contributed by atoms with Gasteiger partial charge in [0.05, 0.1) is 5.69 Å². The smallest absolute Gasteiger partial charge is 0.243 e. The molecule has 0 aromatic heterocycles. The van der Waals surface area contributed by atoms with Gasteiger partial charge in [0.1, 0.15) is 0 Å². The molecule has 1 heterocycles. The summed E-state index contributed by atoms with van der Waals surface area (Å²) < 4.78 is 0. The molecule has 2 aromatic rings. The van der Waals surface area contributed by atoms with E-state index in [1.165, 1.54) is 11.1 Å². The number of hydroxylamine groups is 1. The molecule has 1 atom stereocenters. The number of benzene rings is 2. The lowest BCUT2D eigenvalue weighted by molar-refractivity contribution is -0.129. The van der Waals surface area contributed by atoms with Gasteiger partial charge in [0, 0.05) is 29.5 Å². The molecule has 148 valence electrons. The maximum absolute atomic E-state index is 13.1. The van der Waals surface area contributed by atoms with Gasteiger partial charge in [0.15, 0.2) is 0 Å². The average molecular weight is 399 g/mol. The molecule has 2 amide bonds. The van der Waals surface area contributed by atoms with Crippen molar-refractivity contribution in [3.05, 3.63) is 59.7 Å². The van der Waals surface area contributed by atoms with Crippen LogP contribution < -0.4 is 10.4 Å². The van der Waals surface area contributed by atoms with Crippen molar-refractivity contribution in [3.63, 3.8) is 0 Å². The topological polar surface area (TPSA) is 69.6 Å². The molecule has 0 saturated heterocycles. The lowest BCUT2D eigenvalue weighted by atomic mass is 10.1. The molecule has 0 spiro atoms. The minimum absolute atomic E-state index is 0.104. The summed E-state index contributed by atoms with van der Waals surface area (Å²) >= 11 is 1.75. The Labute approximate surface area is 170 Å². The van der Waals surface area contributed by atoms with E-state index >= 15 is 0 Å². The lowest BCUT2D eigenvalue weighted by Gasteiger charge is -2.22. The predicted molar refractivity (Wildman–Crippen MR) is 112 cm³/mol. The van der Waals surface area contributed by atoms with Gasteiger partial charge < -0.3 is 4.90 Å². The van der Waals surface area contributed by atoms with Crippen LogP contribution in [0.5, 0.6) is 0 Å². The molecule has 28 heavy (non-hydrogen) atoms. The molecule has 2 N–H and O–H groups in total. The third kappa shape index (κ3) is 5.14. The molecule has 6 heteroatoms. The summed E-state index contributed by atoms with van der Waals surface area (Å²) in [7, 11) is 0. The summed E-state index contributed by atoms with van der Waals surface area (Å²) in [4.78, 5) is 27.2. The Kier molecular flexibility index (Phi) is 7.12. The van der Waals surface area contributed by atoms with Crippen molar-refractivity contribution >= 4 is 29.3 Å². The highest BCUT2D eigenvalue weighted by molar-refractivity contribution is 7.99. The number of carbonyl (C=O) groups excluding carboxylic acids is 2. The largest absolute Gasteiger partial charge is 0.311 e. The number of fused-ring (bicyclic) bond motifs is 1. The number of carbonyl (C=O) groups is 2. The van der Waals surface area contributed by atoms with Gasteiger partial charge >= 0.3 is 0 Å². The number of nitrogens with one attached hydrogen (secondary N) is 1. The zero-order valence-corrected chi connectivity index (χ0v) is 16.9. The first-order chi connectivity index (χ1) is 13.6. The lowest BCUT2D eigenvalue weighted by Crippen LogP contribution is -2.31. The molecule has 1 aliphatic heterocycles. The van der Waals surface area contributed by atoms with E-state index in [9.17, 15) is 9.59 Å². The number of amides is 2. The maximum Gasteiger partial charge on any atom is 0.243 e. The van der Waals surface area contributed by atoms with Gasteiger partial charge in [0.2, 0.25) is 11.8 Å². The van der Waals surface area contributed by atoms with Gasteiger partial charge in [-0.3, -0.25) is 14.8 Å². The molecular weight excluding hydrogens is 372 g/mol. The second-order valence-corrected chi connectivity index (χ2v) is 8.32. The van der Waals surface area contributed by atoms with Crippen LogP contribution in [0.1, 0.15) is 48.5 Å². The summed E-state index contributed by atoms with van der Waals surface area (Å²) in [6.07, 6.45) is 3.10. The van der Waals surface area contributed by atoms with E-state index in [0.717, 1.165) is 23.4 Å². The summed E-state index contributed by atoms with van der Waals surface area (Å²) in [6, 6.07) is 16.5. The molecule has 0 saturated carbocycles. The average Bonchev–Trinajstić information content (AvgIpc) is 2.84. The van der Waals surface area contributed by atoms with Gasteiger partial charge in [-0.25, -0.2) is 5.48 Å². The number of rotatable bonds is 7. The van der Waals surface area contributed by atoms with Crippen LogP contribution >= 0.6 is 11.8 Å². The van der Waals surface area contributed by atoms with E-state index in [1.54, 1.807) is 17.2 Å². The molecule has 3 rings (SSSR count). The van der Waals surface area contributed by atoms with Gasteiger partial charge in [-0.15, -0.1) is 11.8 Å². The van der Waals surface area contributed by atoms with Crippen molar-refractivity contribution < 1.29 is 14.8 Å². The molecule has 2 aromatic carbocycles. The minimum atomic E-state index is -0.367. The number of thioether (sulfide) groups is 1. The molecule has 1 aliphatic rings. The first-order valence-corrected chi connectivity index (χ1v) is 10.5. The van der Waals surface area contributed by atoms with Crippen LogP contribution in [-0.4, -0.2) is 23.6 Å². The number of hydrogen-bond acceptors (Lipinski definition) is 4. The van der Waals surface area contributed by atoms with Crippen LogP contribution in [0, 0.1) is 6.92 Å². The highest BCUT2D eigenvalue weighted by Gasteiger charge is 2.28. The van der Waals surface area contributed by atoms with Gasteiger partial charge in [-0.2, -0.15) is 0 Å². The van der Waals surface area contributed by atoms with Crippen LogP contribution in [0.2, 0.25) is 0 Å². The third-order valence-corrected chi connectivity index (χ3v) is 6.27. The Morgan fingerprint density at radius 3 is 2.64 bits per heavy atom. The molecule has 0 radical (unpaired) electrons. The number of hydrogen-bond donors (Lipinski definition) is 2. The first kappa shape index (κ1) is 20.4. The van der Waals surface area contributed by atoms with Crippen molar-refractivity contribution in [3.8, 4) is 0 Å². The number of anilines is 1. The monoisotopic (exact) mass is 398 g/mol. The van der Waals surface area contributed by atoms with Crippen LogP contribution in [0.25, 0.3) is 0 Å². The highest BCUT2D eigenvalue weighted by atomic mass is 32.2. The SMILES string of the molecule is Cc1ccc(C2CC(=O)N(CCCCCC(=O)NO)c3ccccc3S2)cc1. The number of nitrogens with zero attached hydrogens (tertiary/aromatic N) is 1. The van der Waals surface area contributed by atoms with Crippen LogP contribution in [0.3, 0.4) is 0 Å². The zero-order chi connectivity index (χ0) is 19.9. The molecule has 0 bridgehead atoms. The molecular formula is C22H26N2O3S. The van der Waals surface area contributed by atoms with Crippen molar-refractivity contribution in [2.24, 2.45) is 0 Å². The van der Waals surface area contributed by atoms with E-state index in [0.29, 0.717) is 25.8 Å². The summed E-state index contributed by atoms with van der Waals surface area (Å²) in [5.41, 5.74) is 5.01. The van der Waals surface area contributed by atoms with Gasteiger partial charge in [-0.1, -0.05) is 48.4 Å². The predicted octanol–water partition coefficient (Wildman–Crippen LogP) is 4.63. The van der Waals surface area contributed by atoms with Crippen molar-refractivity contribution in [1.82, 2.24) is 5.48 Å². The maximum atomic E-state index is 13.1. The molecule has 1 unspecified atom stereocenters. The number of para-hydroxylation sites is 1. The van der Waals surface area contributed by atoms with E-state index in [4.69, 9.17) is 5.21 Å². The Hall–Kier alpha value is -2.31. The molecule has 0 aliphatic carbocycles. The van der Waals surface area contributed by atoms with Crippen LogP contribution in [0.15, 0.2) is 53.4 Å². The van der Waals surface area contributed by atoms with Crippen molar-refractivity contribution in [2.75, 3.05) is 11.4 Å². The standard InChI is InChI=1S/C22H26N2O3S/c1-16-10-12-17(13-11-16)20-15-22(26)24(14-6-2-3-9-21(25)23-27)18-7-4-5-8-19(18)28-20/h4-5,7-8,10-13,20,27H,2-3,6,9,14-15H2,1H3,(H,23,25). The number of unbranched alkanes of at least 4 members (excludes halogenated alkanes) is 2. The van der Waals surface area contributed by atoms with E-state index in [2.05, 4.69) is 37.3 Å². The van der Waals surface area contributed by atoms with Crippen molar-refractivity contribution in [2.45, 2.75) is 49.2 Å². The fraction of sp³-hybridized carbons (Fsp3) is 0.364. The zero-order valence-electron chi connectivity index (χ0n) is 16.1. The first-order valence-electron chi connectivity index (χ1n) is 9.64. The second kappa shape index (κ2) is 9.75. The molecule has 5 nitrogen and oxygen atoms in total. The highest BCUT2D eigenvalue weighted by Crippen LogP contribution is 2.45. The normalized spacial score (nSPS) is 16.4. The second-order valence-electron chi connectivity index (χ2n) is 7.08. The quantitative estimate of drug-likeness (QED) is 0.405. The molecule has 0 fully saturated rings. The fourth-order valence-corrected chi connectivity index (χ4v) is 4.66. The van der Waals surface area contributed by atoms with E-state index in [-0.39, 0.29) is 17.1 Å². The third-order valence-electron chi connectivity index (χ3n) is 4.95. The minimum Gasteiger partial charge on any atom is -0.311 e. The van der Waals surface area contributed by atoms with Crippen molar-refractivity contribution in [1.29, 1.82) is 0 Å². The summed E-state index contributed by atoms with van der Waals surface area (Å²) in [5.74, 6) is -0.232. The summed E-state index contributed by atoms with van der Waals surface area (Å²) in [6.45, 7) is 2.70. The Bertz CT molecular complexity index is 823. The Balaban J connectivity index is 1.71. The van der Waals surface area contributed by atoms with Crippen LogP contribution in [0.4, 0.5) is 5.69 Å². The van der Waals surface area contributed by atoms with Gasteiger partial charge in [-0.05, 0) is 37.5 Å². The number of aryl methyl sites for hydroxylation is 1. The fourth-order valence-electron chi connectivity index (χ4n) is 3.38. The van der Waals surface area contributed by atoms with E-state index < -0.39 is 0 Å². The Morgan fingerprint density at radius 2 is 1.89 bits per heavy atom. The van der Waals surface area contributed by atoms with Crippen LogP contribution in [-0.2, 0) is 9.59 Å². The Morgan fingerprint density at radius 1 is 1.14 bits per heavy atom. The summed E-state index contributed by atoms with van der Waals surface area (Å²) in [5, 5.41) is 8.65.